The van der Waals surface area contributed by atoms with Crippen LogP contribution in [0.4, 0.5) is 11.4 Å². The van der Waals surface area contributed by atoms with E-state index < -0.39 is 5.25 Å². The Morgan fingerprint density at radius 3 is 2.34 bits per heavy atom. The second kappa shape index (κ2) is 11.6. The van der Waals surface area contributed by atoms with Crippen molar-refractivity contribution in [2.75, 3.05) is 23.9 Å². The predicted molar refractivity (Wildman–Crippen MR) is 140 cm³/mol. The molecule has 0 aliphatic carbocycles. The Bertz CT molecular complexity index is 1180. The zero-order valence-electron chi connectivity index (χ0n) is 19.6. The minimum absolute atomic E-state index is 0.106. The van der Waals surface area contributed by atoms with E-state index in [0.717, 1.165) is 17.0 Å². The highest BCUT2D eigenvalue weighted by Gasteiger charge is 2.40. The lowest BCUT2D eigenvalue weighted by Crippen LogP contribution is -2.31. The van der Waals surface area contributed by atoms with E-state index in [1.165, 1.54) is 16.7 Å². The smallest absolute Gasteiger partial charge is 0.247 e. The Hall–Kier alpha value is -3.78. The molecule has 0 unspecified atom stereocenters. The molecule has 0 spiro atoms. The van der Waals surface area contributed by atoms with Gasteiger partial charge in [0.15, 0.2) is 5.17 Å². The molecular formula is C27H27N3O4S. The lowest BCUT2D eigenvalue weighted by molar-refractivity contribution is -0.121. The molecule has 1 N–H and O–H groups in total. The molecule has 3 aromatic rings. The summed E-state index contributed by atoms with van der Waals surface area (Å²) in [7, 11) is 1.63. The average Bonchev–Trinajstić information content (AvgIpc) is 3.16. The summed E-state index contributed by atoms with van der Waals surface area (Å²) in [5, 5.41) is 3.31. The Kier molecular flexibility index (Phi) is 8.05. The number of rotatable bonds is 8. The molecule has 0 aromatic heterocycles. The van der Waals surface area contributed by atoms with Gasteiger partial charge in [-0.05, 0) is 61.0 Å². The quantitative estimate of drug-likeness (QED) is 0.269. The van der Waals surface area contributed by atoms with Gasteiger partial charge in [0.2, 0.25) is 11.8 Å². The van der Waals surface area contributed by atoms with Gasteiger partial charge in [0.05, 0.1) is 25.9 Å². The summed E-state index contributed by atoms with van der Waals surface area (Å²) in [6.07, 6.45) is 0.106. The van der Waals surface area contributed by atoms with Crippen molar-refractivity contribution < 1.29 is 19.1 Å². The number of methoxy groups -OCH3 is 1. The number of amides is 2. The summed E-state index contributed by atoms with van der Waals surface area (Å²) in [4.78, 5) is 32.0. The molecule has 0 radical (unpaired) electrons. The maximum atomic E-state index is 13.2. The molecule has 7 nitrogen and oxygen atoms in total. The normalized spacial score (nSPS) is 15.9. The molecule has 2 amide bonds. The molecule has 1 aliphatic rings. The summed E-state index contributed by atoms with van der Waals surface area (Å²) >= 11 is 1.27. The first-order chi connectivity index (χ1) is 17.1. The van der Waals surface area contributed by atoms with Gasteiger partial charge in [-0.25, -0.2) is 4.90 Å². The molecule has 0 saturated carbocycles. The second-order valence-corrected chi connectivity index (χ2v) is 8.96. The number of ether oxygens (including phenoxy) is 2. The lowest BCUT2D eigenvalue weighted by Gasteiger charge is -2.16. The van der Waals surface area contributed by atoms with Crippen molar-refractivity contribution in [2.24, 2.45) is 4.99 Å². The number of hydrogen-bond donors (Lipinski definition) is 1. The highest BCUT2D eigenvalue weighted by Crippen LogP contribution is 2.32. The van der Waals surface area contributed by atoms with Gasteiger partial charge in [0.1, 0.15) is 16.7 Å². The van der Waals surface area contributed by atoms with Crippen LogP contribution in [0.2, 0.25) is 0 Å². The van der Waals surface area contributed by atoms with E-state index >= 15 is 0 Å². The van der Waals surface area contributed by atoms with Crippen LogP contribution < -0.4 is 19.7 Å². The third-order valence-electron chi connectivity index (χ3n) is 5.35. The van der Waals surface area contributed by atoms with Gasteiger partial charge in [-0.3, -0.25) is 14.6 Å². The van der Waals surface area contributed by atoms with E-state index in [4.69, 9.17) is 14.5 Å². The van der Waals surface area contributed by atoms with Crippen molar-refractivity contribution in [2.45, 2.75) is 25.1 Å². The Morgan fingerprint density at radius 2 is 1.69 bits per heavy atom. The van der Waals surface area contributed by atoms with Crippen LogP contribution in [0.25, 0.3) is 0 Å². The van der Waals surface area contributed by atoms with E-state index in [9.17, 15) is 9.59 Å². The SMILES string of the molecule is CCOc1ccc(N2C(=O)C[C@@H](SC(=NCc3ccc(OC)cc3)Nc3ccccc3)C2=O)cc1. The third-order valence-corrected chi connectivity index (χ3v) is 6.46. The van der Waals surface area contributed by atoms with E-state index in [1.54, 1.807) is 31.4 Å². The number of carbonyl (C=O) groups excluding carboxylic acids is 2. The first-order valence-corrected chi connectivity index (χ1v) is 12.2. The maximum Gasteiger partial charge on any atom is 0.247 e. The summed E-state index contributed by atoms with van der Waals surface area (Å²) in [5.74, 6) is 0.988. The number of thioether (sulfide) groups is 1. The minimum Gasteiger partial charge on any atom is -0.497 e. The third kappa shape index (κ3) is 6.22. The number of amidine groups is 1. The van der Waals surface area contributed by atoms with Crippen molar-refractivity contribution in [1.82, 2.24) is 0 Å². The van der Waals surface area contributed by atoms with Crippen LogP contribution in [0.3, 0.4) is 0 Å². The Labute approximate surface area is 209 Å². The Balaban J connectivity index is 1.51. The summed E-state index contributed by atoms with van der Waals surface area (Å²) < 4.78 is 10.7. The molecular weight excluding hydrogens is 462 g/mol. The summed E-state index contributed by atoms with van der Waals surface area (Å²) in [5.41, 5.74) is 2.40. The van der Waals surface area contributed by atoms with Crippen LogP contribution in [-0.4, -0.2) is 35.9 Å². The lowest BCUT2D eigenvalue weighted by atomic mass is 10.2. The highest BCUT2D eigenvalue weighted by atomic mass is 32.2. The molecule has 1 fully saturated rings. The number of benzene rings is 3. The van der Waals surface area contributed by atoms with Gasteiger partial charge >= 0.3 is 0 Å². The van der Waals surface area contributed by atoms with Crippen LogP contribution in [-0.2, 0) is 16.1 Å². The Morgan fingerprint density at radius 1 is 1.00 bits per heavy atom. The maximum absolute atomic E-state index is 13.2. The van der Waals surface area contributed by atoms with Crippen molar-refractivity contribution in [3.8, 4) is 11.5 Å². The molecule has 0 bridgehead atoms. The van der Waals surface area contributed by atoms with Gasteiger partial charge in [0, 0.05) is 12.1 Å². The molecule has 1 heterocycles. The van der Waals surface area contributed by atoms with E-state index in [0.29, 0.717) is 29.8 Å². The number of aliphatic imine (C=N–C) groups is 1. The predicted octanol–water partition coefficient (Wildman–Crippen LogP) is 5.13. The van der Waals surface area contributed by atoms with E-state index in [1.807, 2.05) is 61.5 Å². The van der Waals surface area contributed by atoms with Crippen molar-refractivity contribution in [1.29, 1.82) is 0 Å². The second-order valence-electron chi connectivity index (χ2n) is 7.77. The molecule has 4 rings (SSSR count). The van der Waals surface area contributed by atoms with Crippen LogP contribution in [0.1, 0.15) is 18.9 Å². The largest absolute Gasteiger partial charge is 0.497 e. The molecule has 35 heavy (non-hydrogen) atoms. The molecule has 8 heteroatoms. The van der Waals surface area contributed by atoms with Crippen LogP contribution in [0, 0.1) is 0 Å². The molecule has 3 aromatic carbocycles. The number of nitrogens with zero attached hydrogens (tertiary/aromatic N) is 2. The molecule has 1 saturated heterocycles. The fourth-order valence-corrected chi connectivity index (χ4v) is 4.62. The minimum atomic E-state index is -0.570. The monoisotopic (exact) mass is 489 g/mol. The van der Waals surface area contributed by atoms with Crippen molar-refractivity contribution in [3.05, 3.63) is 84.4 Å². The van der Waals surface area contributed by atoms with Gasteiger partial charge in [-0.1, -0.05) is 42.1 Å². The van der Waals surface area contributed by atoms with Gasteiger partial charge in [-0.15, -0.1) is 0 Å². The van der Waals surface area contributed by atoms with Crippen LogP contribution in [0.5, 0.6) is 11.5 Å². The number of anilines is 2. The van der Waals surface area contributed by atoms with Crippen LogP contribution in [0.15, 0.2) is 83.9 Å². The number of para-hydroxylation sites is 1. The fourth-order valence-electron chi connectivity index (χ4n) is 3.61. The highest BCUT2D eigenvalue weighted by molar-refractivity contribution is 8.15. The summed E-state index contributed by atoms with van der Waals surface area (Å²) in [6, 6.07) is 24.3. The van der Waals surface area contributed by atoms with Crippen LogP contribution >= 0.6 is 11.8 Å². The summed E-state index contributed by atoms with van der Waals surface area (Å²) in [6.45, 7) is 2.87. The molecule has 180 valence electrons. The van der Waals surface area contributed by atoms with E-state index in [2.05, 4.69) is 5.32 Å². The average molecular weight is 490 g/mol. The molecule has 1 aliphatic heterocycles. The van der Waals surface area contributed by atoms with Gasteiger partial charge < -0.3 is 14.8 Å². The van der Waals surface area contributed by atoms with Crippen molar-refractivity contribution in [3.63, 3.8) is 0 Å². The fraction of sp³-hybridized carbons (Fsp3) is 0.222. The molecule has 1 atom stereocenters. The zero-order valence-corrected chi connectivity index (χ0v) is 20.5. The van der Waals surface area contributed by atoms with Crippen molar-refractivity contribution >= 4 is 40.1 Å². The first kappa shape index (κ1) is 24.3. The number of nitrogens with one attached hydrogen (secondary N) is 1. The number of hydrogen-bond acceptors (Lipinski definition) is 6. The standard InChI is InChI=1S/C27H27N3O4S/c1-3-34-23-15-11-21(12-16-23)30-25(31)17-24(26(30)32)35-27(29-20-7-5-4-6-8-20)28-18-19-9-13-22(33-2)14-10-19/h4-16,24H,3,17-18H2,1-2H3,(H,28,29)/t24-/m1/s1. The zero-order chi connectivity index (χ0) is 24.6. The van der Waals surface area contributed by atoms with Gasteiger partial charge in [0.25, 0.3) is 0 Å². The van der Waals surface area contributed by atoms with Gasteiger partial charge in [-0.2, -0.15) is 0 Å². The number of carbonyl (C=O) groups is 2. The topological polar surface area (TPSA) is 80.2 Å². The van der Waals surface area contributed by atoms with E-state index in [-0.39, 0.29) is 18.2 Å². The first-order valence-electron chi connectivity index (χ1n) is 11.3. The number of imide groups is 1.